The summed E-state index contributed by atoms with van der Waals surface area (Å²) in [6.45, 7) is 2.52. The van der Waals surface area contributed by atoms with Gasteiger partial charge in [0.25, 0.3) is 0 Å². The SMILES string of the molecule is CCc1ccc2c(c1)C(NCC(O)C(Cc1cc(F)cc(F)c1)c1ncc[nH]1)CCC2. The molecule has 1 aliphatic carbocycles. The first-order chi connectivity index (χ1) is 15.0. The van der Waals surface area contributed by atoms with Crippen LogP contribution in [0.4, 0.5) is 8.78 Å². The molecule has 0 aliphatic heterocycles. The maximum Gasteiger partial charge on any atom is 0.126 e. The summed E-state index contributed by atoms with van der Waals surface area (Å²) in [4.78, 5) is 7.35. The Balaban J connectivity index is 1.49. The van der Waals surface area contributed by atoms with E-state index in [9.17, 15) is 13.9 Å². The predicted molar refractivity (Wildman–Crippen MR) is 117 cm³/mol. The second-order valence-corrected chi connectivity index (χ2v) is 8.37. The molecule has 0 spiro atoms. The topological polar surface area (TPSA) is 60.9 Å². The van der Waals surface area contributed by atoms with Gasteiger partial charge in [0.1, 0.15) is 17.5 Å². The molecular weight excluding hydrogens is 396 g/mol. The molecule has 0 fully saturated rings. The van der Waals surface area contributed by atoms with Gasteiger partial charge >= 0.3 is 0 Å². The van der Waals surface area contributed by atoms with Gasteiger partial charge in [0.05, 0.1) is 6.10 Å². The molecule has 1 aliphatic rings. The third-order valence-corrected chi connectivity index (χ3v) is 6.22. The number of hydrogen-bond acceptors (Lipinski definition) is 3. The van der Waals surface area contributed by atoms with Crippen LogP contribution in [0.1, 0.15) is 59.8 Å². The number of benzene rings is 2. The molecule has 0 saturated carbocycles. The average Bonchev–Trinajstić information content (AvgIpc) is 3.29. The molecule has 2 aromatic carbocycles. The van der Waals surface area contributed by atoms with E-state index < -0.39 is 23.7 Å². The van der Waals surface area contributed by atoms with Crippen molar-refractivity contribution in [3.63, 3.8) is 0 Å². The predicted octanol–water partition coefficient (Wildman–Crippen LogP) is 4.60. The minimum absolute atomic E-state index is 0.189. The number of aliphatic hydroxyl groups excluding tert-OH is 1. The fraction of sp³-hybridized carbons (Fsp3) is 0.400. The van der Waals surface area contributed by atoms with E-state index in [-0.39, 0.29) is 12.5 Å². The van der Waals surface area contributed by atoms with Gasteiger partial charge in [0.2, 0.25) is 0 Å². The lowest BCUT2D eigenvalue weighted by molar-refractivity contribution is 0.132. The van der Waals surface area contributed by atoms with Crippen LogP contribution in [0.25, 0.3) is 0 Å². The molecule has 0 saturated heterocycles. The molecule has 6 heteroatoms. The van der Waals surface area contributed by atoms with E-state index in [1.807, 2.05) is 0 Å². The van der Waals surface area contributed by atoms with Crippen LogP contribution in [0.5, 0.6) is 0 Å². The van der Waals surface area contributed by atoms with E-state index in [1.165, 1.54) is 28.8 Å². The highest BCUT2D eigenvalue weighted by molar-refractivity contribution is 5.36. The van der Waals surface area contributed by atoms with E-state index in [2.05, 4.69) is 40.4 Å². The number of nitrogens with one attached hydrogen (secondary N) is 2. The number of aryl methyl sites for hydroxylation is 2. The molecule has 0 amide bonds. The Kier molecular flexibility index (Phi) is 6.78. The zero-order chi connectivity index (χ0) is 21.8. The number of hydrogen-bond donors (Lipinski definition) is 3. The second-order valence-electron chi connectivity index (χ2n) is 8.37. The number of H-pyrrole nitrogens is 1. The minimum atomic E-state index is -0.766. The van der Waals surface area contributed by atoms with E-state index in [4.69, 9.17) is 0 Å². The van der Waals surface area contributed by atoms with E-state index >= 15 is 0 Å². The lowest BCUT2D eigenvalue weighted by Gasteiger charge is -2.29. The normalized spacial score (nSPS) is 17.9. The molecular formula is C25H29F2N3O. The number of aromatic amines is 1. The maximum atomic E-state index is 13.7. The van der Waals surface area contributed by atoms with Gasteiger partial charge in [-0.1, -0.05) is 25.1 Å². The first-order valence-electron chi connectivity index (χ1n) is 11.0. The molecule has 0 radical (unpaired) electrons. The van der Waals surface area contributed by atoms with Crippen molar-refractivity contribution in [1.82, 2.24) is 15.3 Å². The van der Waals surface area contributed by atoms with Crippen LogP contribution in [0.3, 0.4) is 0 Å². The van der Waals surface area contributed by atoms with Crippen molar-refractivity contribution in [3.05, 3.63) is 88.5 Å². The van der Waals surface area contributed by atoms with Crippen molar-refractivity contribution in [1.29, 1.82) is 0 Å². The summed E-state index contributed by atoms with van der Waals surface area (Å²) >= 11 is 0. The van der Waals surface area contributed by atoms with Gasteiger partial charge in [0, 0.05) is 37.0 Å². The Hall–Kier alpha value is -2.57. The monoisotopic (exact) mass is 425 g/mol. The van der Waals surface area contributed by atoms with Gasteiger partial charge < -0.3 is 15.4 Å². The molecule has 0 bridgehead atoms. The molecule has 4 rings (SSSR count). The van der Waals surface area contributed by atoms with Crippen molar-refractivity contribution in [2.24, 2.45) is 0 Å². The minimum Gasteiger partial charge on any atom is -0.391 e. The Labute approximate surface area is 181 Å². The third-order valence-electron chi connectivity index (χ3n) is 6.22. The van der Waals surface area contributed by atoms with Gasteiger partial charge in [-0.25, -0.2) is 13.8 Å². The van der Waals surface area contributed by atoms with E-state index in [1.54, 1.807) is 12.4 Å². The molecule has 1 aromatic heterocycles. The second kappa shape index (κ2) is 9.71. The van der Waals surface area contributed by atoms with Crippen molar-refractivity contribution < 1.29 is 13.9 Å². The lowest BCUT2D eigenvalue weighted by atomic mass is 9.85. The zero-order valence-corrected chi connectivity index (χ0v) is 17.7. The summed E-state index contributed by atoms with van der Waals surface area (Å²) in [5, 5.41) is 14.6. The number of imidazole rings is 1. The standard InChI is InChI=1S/C25H29F2N3O/c1-2-16-6-7-18-4-3-5-23(21(18)12-16)30-15-24(31)22(25-28-8-9-29-25)13-17-10-19(26)14-20(27)11-17/h6-12,14,22-24,30-31H,2-5,13,15H2,1H3,(H,28,29). The van der Waals surface area contributed by atoms with Crippen LogP contribution in [-0.2, 0) is 19.3 Å². The van der Waals surface area contributed by atoms with Crippen LogP contribution >= 0.6 is 0 Å². The average molecular weight is 426 g/mol. The first-order valence-corrected chi connectivity index (χ1v) is 11.0. The van der Waals surface area contributed by atoms with Gasteiger partial charge in [-0.3, -0.25) is 0 Å². The molecule has 3 atom stereocenters. The fourth-order valence-corrected chi connectivity index (χ4v) is 4.56. The molecule has 3 unspecified atom stereocenters. The van der Waals surface area contributed by atoms with Gasteiger partial charge in [-0.05, 0) is 66.5 Å². The zero-order valence-electron chi connectivity index (χ0n) is 17.7. The van der Waals surface area contributed by atoms with Gasteiger partial charge in [-0.2, -0.15) is 0 Å². The lowest BCUT2D eigenvalue weighted by Crippen LogP contribution is -2.36. The number of nitrogens with zero attached hydrogens (tertiary/aromatic N) is 1. The Morgan fingerprint density at radius 1 is 1.16 bits per heavy atom. The van der Waals surface area contributed by atoms with Crippen LogP contribution in [0.2, 0.25) is 0 Å². The molecule has 4 nitrogen and oxygen atoms in total. The number of fused-ring (bicyclic) bond motifs is 1. The largest absolute Gasteiger partial charge is 0.391 e. The van der Waals surface area contributed by atoms with Crippen LogP contribution in [-0.4, -0.2) is 27.7 Å². The summed E-state index contributed by atoms with van der Waals surface area (Å²) < 4.78 is 27.4. The first kappa shape index (κ1) is 21.7. The van der Waals surface area contributed by atoms with Crippen LogP contribution in [0, 0.1) is 11.6 Å². The molecule has 164 valence electrons. The summed E-state index contributed by atoms with van der Waals surface area (Å²) in [6.07, 6.45) is 7.04. The summed E-state index contributed by atoms with van der Waals surface area (Å²) in [6, 6.07) is 10.4. The molecule has 1 heterocycles. The van der Waals surface area contributed by atoms with Crippen molar-refractivity contribution in [3.8, 4) is 0 Å². The van der Waals surface area contributed by atoms with Crippen LogP contribution < -0.4 is 5.32 Å². The highest BCUT2D eigenvalue weighted by Crippen LogP contribution is 2.31. The number of halogens is 2. The number of aromatic nitrogens is 2. The maximum absolute atomic E-state index is 13.7. The molecule has 3 N–H and O–H groups in total. The third kappa shape index (κ3) is 5.20. The molecule has 31 heavy (non-hydrogen) atoms. The highest BCUT2D eigenvalue weighted by Gasteiger charge is 2.27. The Bertz CT molecular complexity index is 986. The van der Waals surface area contributed by atoms with Crippen molar-refractivity contribution in [2.75, 3.05) is 6.54 Å². The Morgan fingerprint density at radius 2 is 1.97 bits per heavy atom. The summed E-state index contributed by atoms with van der Waals surface area (Å²) in [5.74, 6) is -1.04. The van der Waals surface area contributed by atoms with Gasteiger partial charge in [0.15, 0.2) is 0 Å². The van der Waals surface area contributed by atoms with Crippen molar-refractivity contribution in [2.45, 2.75) is 57.1 Å². The quantitative estimate of drug-likeness (QED) is 0.494. The summed E-state index contributed by atoms with van der Waals surface area (Å²) in [7, 11) is 0. The van der Waals surface area contributed by atoms with Crippen LogP contribution in [0.15, 0.2) is 48.8 Å². The van der Waals surface area contributed by atoms with E-state index in [0.29, 0.717) is 17.9 Å². The van der Waals surface area contributed by atoms with Gasteiger partial charge in [-0.15, -0.1) is 0 Å². The van der Waals surface area contributed by atoms with E-state index in [0.717, 1.165) is 31.7 Å². The van der Waals surface area contributed by atoms with Crippen molar-refractivity contribution >= 4 is 0 Å². The summed E-state index contributed by atoms with van der Waals surface area (Å²) in [5.41, 5.74) is 4.50. The highest BCUT2D eigenvalue weighted by atomic mass is 19.1. The number of aliphatic hydroxyl groups is 1. The molecule has 3 aromatic rings. The smallest absolute Gasteiger partial charge is 0.126 e. The fourth-order valence-electron chi connectivity index (χ4n) is 4.56. The Morgan fingerprint density at radius 3 is 2.68 bits per heavy atom. The number of rotatable bonds is 8.